The molecule has 0 radical (unpaired) electrons. The molecule has 0 aliphatic rings. The normalized spacial score (nSPS) is 11.7. The molecule has 0 fully saturated rings. The minimum atomic E-state index is -0.380. The lowest BCUT2D eigenvalue weighted by molar-refractivity contribution is -0.143. The van der Waals surface area contributed by atoms with Gasteiger partial charge in [-0.05, 0) is 24.5 Å². The molecule has 0 aromatic heterocycles. The standard InChI is InChI=1S/C17H25NO3/c1-3-5-9-14(4-2)13-21-16(19)12-18-17(20)15-10-7-6-8-11-15/h6-8,10-11,14H,3-5,9,12-13H2,1-2H3,(H,18,20). The molecule has 4 nitrogen and oxygen atoms in total. The summed E-state index contributed by atoms with van der Waals surface area (Å²) in [6.07, 6.45) is 4.39. The number of esters is 1. The van der Waals surface area contributed by atoms with Crippen LogP contribution in [0.2, 0.25) is 0 Å². The van der Waals surface area contributed by atoms with Gasteiger partial charge in [0.05, 0.1) is 6.61 Å². The quantitative estimate of drug-likeness (QED) is 0.711. The maximum absolute atomic E-state index is 11.8. The number of amides is 1. The number of ether oxygens (including phenoxy) is 1. The summed E-state index contributed by atoms with van der Waals surface area (Å²) in [6.45, 7) is 4.61. The zero-order chi connectivity index (χ0) is 15.5. The summed E-state index contributed by atoms with van der Waals surface area (Å²) in [4.78, 5) is 23.4. The van der Waals surface area contributed by atoms with Crippen molar-refractivity contribution in [2.24, 2.45) is 5.92 Å². The molecule has 0 saturated carbocycles. The summed E-state index contributed by atoms with van der Waals surface area (Å²) in [5.41, 5.74) is 0.541. The van der Waals surface area contributed by atoms with Gasteiger partial charge in [0.25, 0.3) is 5.91 Å². The first kappa shape index (κ1) is 17.2. The predicted octanol–water partition coefficient (Wildman–Crippen LogP) is 3.18. The van der Waals surface area contributed by atoms with Gasteiger partial charge in [0.2, 0.25) is 0 Å². The van der Waals surface area contributed by atoms with Gasteiger partial charge in [0.1, 0.15) is 6.54 Å². The van der Waals surface area contributed by atoms with Crippen molar-refractivity contribution in [3.63, 3.8) is 0 Å². The van der Waals surface area contributed by atoms with Gasteiger partial charge in [-0.15, -0.1) is 0 Å². The van der Waals surface area contributed by atoms with E-state index in [1.807, 2.05) is 6.07 Å². The topological polar surface area (TPSA) is 55.4 Å². The van der Waals surface area contributed by atoms with Gasteiger partial charge in [-0.2, -0.15) is 0 Å². The predicted molar refractivity (Wildman–Crippen MR) is 83.0 cm³/mol. The molecule has 1 atom stereocenters. The largest absolute Gasteiger partial charge is 0.464 e. The Balaban J connectivity index is 2.26. The Kier molecular flexibility index (Phi) is 8.17. The van der Waals surface area contributed by atoms with E-state index in [0.717, 1.165) is 25.7 Å². The number of hydrogen-bond acceptors (Lipinski definition) is 3. The summed E-state index contributed by atoms with van der Waals surface area (Å²) in [6, 6.07) is 8.82. The van der Waals surface area contributed by atoms with Gasteiger partial charge in [-0.1, -0.05) is 51.3 Å². The van der Waals surface area contributed by atoms with E-state index in [2.05, 4.69) is 19.2 Å². The molecular formula is C17H25NO3. The molecule has 0 saturated heterocycles. The van der Waals surface area contributed by atoms with Gasteiger partial charge < -0.3 is 10.1 Å². The third kappa shape index (κ3) is 6.93. The highest BCUT2D eigenvalue weighted by molar-refractivity contribution is 5.95. The van der Waals surface area contributed by atoms with Crippen LogP contribution in [0.4, 0.5) is 0 Å². The zero-order valence-electron chi connectivity index (χ0n) is 12.9. The molecular weight excluding hydrogens is 266 g/mol. The number of carbonyl (C=O) groups is 2. The molecule has 1 N–H and O–H groups in total. The van der Waals surface area contributed by atoms with E-state index >= 15 is 0 Å². The van der Waals surface area contributed by atoms with Crippen LogP contribution in [-0.2, 0) is 9.53 Å². The first-order valence-corrected chi connectivity index (χ1v) is 7.66. The molecule has 4 heteroatoms. The smallest absolute Gasteiger partial charge is 0.325 e. The number of carbonyl (C=O) groups excluding carboxylic acids is 2. The molecule has 1 aromatic carbocycles. The molecule has 1 rings (SSSR count). The van der Waals surface area contributed by atoms with Crippen LogP contribution in [0.15, 0.2) is 30.3 Å². The molecule has 1 aromatic rings. The minimum absolute atomic E-state index is 0.0854. The van der Waals surface area contributed by atoms with Crippen LogP contribution in [0.3, 0.4) is 0 Å². The maximum atomic E-state index is 11.8. The Hall–Kier alpha value is -1.84. The second-order valence-electron chi connectivity index (χ2n) is 5.15. The Morgan fingerprint density at radius 1 is 1.19 bits per heavy atom. The summed E-state index contributed by atoms with van der Waals surface area (Å²) in [7, 11) is 0. The van der Waals surface area contributed by atoms with Gasteiger partial charge >= 0.3 is 5.97 Å². The molecule has 0 heterocycles. The van der Waals surface area contributed by atoms with Crippen LogP contribution in [0.25, 0.3) is 0 Å². The fourth-order valence-corrected chi connectivity index (χ4v) is 2.00. The van der Waals surface area contributed by atoms with E-state index in [4.69, 9.17) is 4.74 Å². The monoisotopic (exact) mass is 291 g/mol. The highest BCUT2D eigenvalue weighted by Gasteiger charge is 2.11. The van der Waals surface area contributed by atoms with Crippen LogP contribution in [0.5, 0.6) is 0 Å². The van der Waals surface area contributed by atoms with Gasteiger partial charge in [0.15, 0.2) is 0 Å². The minimum Gasteiger partial charge on any atom is -0.464 e. The number of rotatable bonds is 9. The fourth-order valence-electron chi connectivity index (χ4n) is 2.00. The Morgan fingerprint density at radius 2 is 1.90 bits per heavy atom. The highest BCUT2D eigenvalue weighted by Crippen LogP contribution is 2.12. The van der Waals surface area contributed by atoms with Crippen LogP contribution in [0, 0.1) is 5.92 Å². The first-order valence-electron chi connectivity index (χ1n) is 7.66. The van der Waals surface area contributed by atoms with Crippen LogP contribution in [0.1, 0.15) is 49.9 Å². The van der Waals surface area contributed by atoms with Gasteiger partial charge in [-0.25, -0.2) is 0 Å². The third-order valence-corrected chi connectivity index (χ3v) is 3.45. The van der Waals surface area contributed by atoms with Crippen molar-refractivity contribution in [3.8, 4) is 0 Å². The van der Waals surface area contributed by atoms with Crippen molar-refractivity contribution in [1.29, 1.82) is 0 Å². The van der Waals surface area contributed by atoms with Crippen molar-refractivity contribution in [1.82, 2.24) is 5.32 Å². The average Bonchev–Trinajstić information content (AvgIpc) is 2.53. The first-order chi connectivity index (χ1) is 10.2. The van der Waals surface area contributed by atoms with E-state index in [9.17, 15) is 9.59 Å². The molecule has 1 amide bonds. The molecule has 116 valence electrons. The molecule has 0 aliphatic carbocycles. The van der Waals surface area contributed by atoms with E-state index in [0.29, 0.717) is 18.1 Å². The Labute approximate surface area is 126 Å². The summed E-state index contributed by atoms with van der Waals surface area (Å²) in [5.74, 6) is -0.224. The van der Waals surface area contributed by atoms with E-state index < -0.39 is 0 Å². The molecule has 0 spiro atoms. The second kappa shape index (κ2) is 9.97. The van der Waals surface area contributed by atoms with Crippen molar-refractivity contribution >= 4 is 11.9 Å². The van der Waals surface area contributed by atoms with Crippen molar-refractivity contribution in [2.45, 2.75) is 39.5 Å². The Morgan fingerprint density at radius 3 is 2.52 bits per heavy atom. The summed E-state index contributed by atoms with van der Waals surface area (Å²) >= 11 is 0. The lowest BCUT2D eigenvalue weighted by Gasteiger charge is -2.14. The average molecular weight is 291 g/mol. The highest BCUT2D eigenvalue weighted by atomic mass is 16.5. The number of nitrogens with one attached hydrogen (secondary N) is 1. The van der Waals surface area contributed by atoms with Gasteiger partial charge in [-0.3, -0.25) is 9.59 Å². The van der Waals surface area contributed by atoms with E-state index in [1.165, 1.54) is 0 Å². The van der Waals surface area contributed by atoms with Crippen LogP contribution in [-0.4, -0.2) is 25.0 Å². The molecule has 0 aliphatic heterocycles. The lowest BCUT2D eigenvalue weighted by Crippen LogP contribution is -2.31. The van der Waals surface area contributed by atoms with Crippen molar-refractivity contribution < 1.29 is 14.3 Å². The van der Waals surface area contributed by atoms with Crippen molar-refractivity contribution in [2.75, 3.05) is 13.2 Å². The third-order valence-electron chi connectivity index (χ3n) is 3.45. The van der Waals surface area contributed by atoms with Crippen LogP contribution >= 0.6 is 0 Å². The lowest BCUT2D eigenvalue weighted by atomic mass is 10.0. The zero-order valence-corrected chi connectivity index (χ0v) is 12.9. The molecule has 0 bridgehead atoms. The SMILES string of the molecule is CCCCC(CC)COC(=O)CNC(=O)c1ccccc1. The van der Waals surface area contributed by atoms with E-state index in [-0.39, 0.29) is 18.4 Å². The molecule has 1 unspecified atom stereocenters. The number of unbranched alkanes of at least 4 members (excludes halogenated alkanes) is 1. The maximum Gasteiger partial charge on any atom is 0.325 e. The number of hydrogen-bond donors (Lipinski definition) is 1. The number of benzene rings is 1. The summed E-state index contributed by atoms with van der Waals surface area (Å²) in [5, 5.41) is 2.57. The second-order valence-corrected chi connectivity index (χ2v) is 5.15. The van der Waals surface area contributed by atoms with Crippen molar-refractivity contribution in [3.05, 3.63) is 35.9 Å². The fraction of sp³-hybridized carbons (Fsp3) is 0.529. The molecule has 21 heavy (non-hydrogen) atoms. The van der Waals surface area contributed by atoms with Crippen LogP contribution < -0.4 is 5.32 Å². The summed E-state index contributed by atoms with van der Waals surface area (Å²) < 4.78 is 5.22. The Bertz CT molecular complexity index is 431. The van der Waals surface area contributed by atoms with Gasteiger partial charge in [0, 0.05) is 5.56 Å². The van der Waals surface area contributed by atoms with E-state index in [1.54, 1.807) is 24.3 Å².